The number of hydrogen-bond acceptors (Lipinski definition) is 3. The molecule has 2 aromatic rings. The minimum Gasteiger partial charge on any atom is -0.350 e. The molecule has 0 unspecified atom stereocenters. The van der Waals surface area contributed by atoms with E-state index < -0.39 is 10.0 Å². The van der Waals surface area contributed by atoms with Crippen LogP contribution >= 0.6 is 11.6 Å². The normalized spacial score (nSPS) is 11.3. The molecule has 0 spiro atoms. The summed E-state index contributed by atoms with van der Waals surface area (Å²) in [4.78, 5) is 12.5. The van der Waals surface area contributed by atoms with Gasteiger partial charge in [-0.15, -0.1) is 0 Å². The molecule has 0 atom stereocenters. The number of carbonyl (C=O) groups is 1. The molecule has 0 aliphatic carbocycles. The second-order valence-electron chi connectivity index (χ2n) is 6.79. The first-order valence-corrected chi connectivity index (χ1v) is 11.5. The summed E-state index contributed by atoms with van der Waals surface area (Å²) in [6.45, 7) is 6.01. The Morgan fingerprint density at radius 3 is 2.36 bits per heavy atom. The molecule has 1 amide bonds. The fourth-order valence-electron chi connectivity index (χ4n) is 3.07. The van der Waals surface area contributed by atoms with E-state index in [0.29, 0.717) is 22.8 Å². The molecule has 0 fully saturated rings. The van der Waals surface area contributed by atoms with Crippen molar-refractivity contribution < 1.29 is 13.2 Å². The number of aryl methyl sites for hydroxylation is 3. The number of carbonyl (C=O) groups excluding carboxylic acids is 1. The van der Waals surface area contributed by atoms with E-state index in [9.17, 15) is 13.2 Å². The van der Waals surface area contributed by atoms with Crippen LogP contribution in [0.4, 0.5) is 5.69 Å². The Hall–Kier alpha value is -2.05. The Morgan fingerprint density at radius 2 is 1.79 bits per heavy atom. The van der Waals surface area contributed by atoms with Crippen LogP contribution in [0, 0.1) is 6.92 Å². The summed E-state index contributed by atoms with van der Waals surface area (Å²) in [6, 6.07) is 11.2. The van der Waals surface area contributed by atoms with E-state index in [1.54, 1.807) is 25.1 Å². The van der Waals surface area contributed by atoms with Crippen LogP contribution in [0.3, 0.4) is 0 Å². The Balaban J connectivity index is 2.17. The molecule has 0 saturated carbocycles. The summed E-state index contributed by atoms with van der Waals surface area (Å²) in [5.41, 5.74) is 4.57. The quantitative estimate of drug-likeness (QED) is 0.702. The highest BCUT2D eigenvalue weighted by atomic mass is 35.5. The largest absolute Gasteiger partial charge is 0.350 e. The summed E-state index contributed by atoms with van der Waals surface area (Å²) >= 11 is 5.97. The summed E-state index contributed by atoms with van der Waals surface area (Å²) < 4.78 is 25.7. The zero-order chi connectivity index (χ0) is 20.9. The molecule has 0 bridgehead atoms. The van der Waals surface area contributed by atoms with E-state index in [1.165, 1.54) is 11.1 Å². The van der Waals surface area contributed by atoms with E-state index in [-0.39, 0.29) is 12.5 Å². The van der Waals surface area contributed by atoms with Crippen molar-refractivity contribution >= 4 is 33.2 Å². The third-order valence-corrected chi connectivity index (χ3v) is 6.01. The first-order valence-electron chi connectivity index (χ1n) is 9.27. The first-order chi connectivity index (χ1) is 13.2. The third kappa shape index (κ3) is 5.72. The van der Waals surface area contributed by atoms with Gasteiger partial charge in [0.05, 0.1) is 11.9 Å². The van der Waals surface area contributed by atoms with Gasteiger partial charge in [-0.1, -0.05) is 43.6 Å². The number of halogens is 1. The standard InChI is InChI=1S/C21H27ClN2O3S/c1-5-16-7-8-17(6-2)18(12-16)13-23-21(25)14-24(28(4,26)27)20-10-9-19(22)11-15(20)3/h7-12H,5-6,13-14H2,1-4H3,(H,23,25). The predicted molar refractivity (Wildman–Crippen MR) is 115 cm³/mol. The number of nitrogens with one attached hydrogen (secondary N) is 1. The van der Waals surface area contributed by atoms with Gasteiger partial charge in [-0.05, 0) is 60.2 Å². The van der Waals surface area contributed by atoms with Gasteiger partial charge in [0.15, 0.2) is 0 Å². The Labute approximate surface area is 172 Å². The SMILES string of the molecule is CCc1ccc(CC)c(CNC(=O)CN(c2ccc(Cl)cc2C)S(C)(=O)=O)c1. The maximum atomic E-state index is 12.5. The second-order valence-corrected chi connectivity index (χ2v) is 9.13. The fraction of sp³-hybridized carbons (Fsp3) is 0.381. The molecule has 2 aromatic carbocycles. The molecule has 28 heavy (non-hydrogen) atoms. The minimum absolute atomic E-state index is 0.282. The molecule has 2 rings (SSSR count). The van der Waals surface area contributed by atoms with Crippen molar-refractivity contribution in [2.75, 3.05) is 17.1 Å². The number of rotatable bonds is 8. The highest BCUT2D eigenvalue weighted by Crippen LogP contribution is 2.25. The van der Waals surface area contributed by atoms with Crippen LogP contribution in [0.1, 0.15) is 36.1 Å². The van der Waals surface area contributed by atoms with E-state index >= 15 is 0 Å². The average Bonchev–Trinajstić information content (AvgIpc) is 2.63. The lowest BCUT2D eigenvalue weighted by Crippen LogP contribution is -2.40. The Morgan fingerprint density at radius 1 is 1.07 bits per heavy atom. The summed E-state index contributed by atoms with van der Waals surface area (Å²) in [7, 11) is -3.63. The molecule has 0 aliphatic rings. The molecule has 152 valence electrons. The summed E-state index contributed by atoms with van der Waals surface area (Å²) in [6.07, 6.45) is 2.88. The number of benzene rings is 2. The van der Waals surface area contributed by atoms with Gasteiger partial charge in [0.2, 0.25) is 15.9 Å². The Bertz CT molecular complexity index is 958. The van der Waals surface area contributed by atoms with Crippen molar-refractivity contribution in [3.8, 4) is 0 Å². The predicted octanol–water partition coefficient (Wildman–Crippen LogP) is 3.86. The van der Waals surface area contributed by atoms with Crippen molar-refractivity contribution in [3.05, 3.63) is 63.7 Å². The molecular weight excluding hydrogens is 396 g/mol. The lowest BCUT2D eigenvalue weighted by molar-refractivity contribution is -0.119. The molecule has 7 heteroatoms. The van der Waals surface area contributed by atoms with Gasteiger partial charge in [-0.25, -0.2) is 8.42 Å². The number of hydrogen-bond donors (Lipinski definition) is 1. The van der Waals surface area contributed by atoms with Crippen LogP contribution in [-0.2, 0) is 34.2 Å². The van der Waals surface area contributed by atoms with E-state index in [1.807, 2.05) is 0 Å². The minimum atomic E-state index is -3.63. The lowest BCUT2D eigenvalue weighted by atomic mass is 10.0. The van der Waals surface area contributed by atoms with Crippen LogP contribution in [0.25, 0.3) is 0 Å². The first kappa shape index (κ1) is 22.2. The van der Waals surface area contributed by atoms with Gasteiger partial charge in [-0.2, -0.15) is 0 Å². The van der Waals surface area contributed by atoms with E-state index in [2.05, 4.69) is 37.4 Å². The van der Waals surface area contributed by atoms with Crippen molar-refractivity contribution in [1.82, 2.24) is 5.32 Å². The lowest BCUT2D eigenvalue weighted by Gasteiger charge is -2.24. The van der Waals surface area contributed by atoms with Crippen LogP contribution in [0.2, 0.25) is 5.02 Å². The molecule has 5 nitrogen and oxygen atoms in total. The summed E-state index contributed by atoms with van der Waals surface area (Å²) in [5, 5.41) is 3.37. The fourth-order valence-corrected chi connectivity index (χ4v) is 4.21. The van der Waals surface area contributed by atoms with Crippen LogP contribution < -0.4 is 9.62 Å². The van der Waals surface area contributed by atoms with E-state index in [4.69, 9.17) is 11.6 Å². The monoisotopic (exact) mass is 422 g/mol. The van der Waals surface area contributed by atoms with Gasteiger partial charge in [0.25, 0.3) is 0 Å². The topological polar surface area (TPSA) is 66.5 Å². The van der Waals surface area contributed by atoms with Gasteiger partial charge in [-0.3, -0.25) is 9.10 Å². The van der Waals surface area contributed by atoms with Gasteiger partial charge in [0, 0.05) is 11.6 Å². The van der Waals surface area contributed by atoms with Crippen LogP contribution in [-0.4, -0.2) is 27.1 Å². The van der Waals surface area contributed by atoms with Crippen LogP contribution in [0.15, 0.2) is 36.4 Å². The van der Waals surface area contributed by atoms with Gasteiger partial charge >= 0.3 is 0 Å². The number of nitrogens with zero attached hydrogens (tertiary/aromatic N) is 1. The zero-order valence-corrected chi connectivity index (χ0v) is 18.3. The number of amides is 1. The molecule has 0 heterocycles. The number of anilines is 1. The Kier molecular flexibility index (Phi) is 7.49. The average molecular weight is 423 g/mol. The molecule has 0 aromatic heterocycles. The number of sulfonamides is 1. The maximum absolute atomic E-state index is 12.5. The second kappa shape index (κ2) is 9.43. The van der Waals surface area contributed by atoms with Gasteiger partial charge < -0.3 is 5.32 Å². The molecule has 0 radical (unpaired) electrons. The molecular formula is C21H27ClN2O3S. The van der Waals surface area contributed by atoms with Crippen molar-refractivity contribution in [3.63, 3.8) is 0 Å². The zero-order valence-electron chi connectivity index (χ0n) is 16.8. The molecule has 0 saturated heterocycles. The van der Waals surface area contributed by atoms with Crippen molar-refractivity contribution in [2.24, 2.45) is 0 Å². The molecule has 0 aliphatic heterocycles. The highest BCUT2D eigenvalue weighted by Gasteiger charge is 2.22. The highest BCUT2D eigenvalue weighted by molar-refractivity contribution is 7.92. The molecule has 1 N–H and O–H groups in total. The maximum Gasteiger partial charge on any atom is 0.241 e. The van der Waals surface area contributed by atoms with Crippen molar-refractivity contribution in [1.29, 1.82) is 0 Å². The smallest absolute Gasteiger partial charge is 0.241 e. The third-order valence-electron chi connectivity index (χ3n) is 4.65. The summed E-state index contributed by atoms with van der Waals surface area (Å²) in [5.74, 6) is -0.358. The van der Waals surface area contributed by atoms with Gasteiger partial charge in [0.1, 0.15) is 6.54 Å². The van der Waals surface area contributed by atoms with Crippen LogP contribution in [0.5, 0.6) is 0 Å². The van der Waals surface area contributed by atoms with Crippen molar-refractivity contribution in [2.45, 2.75) is 40.2 Å². The van der Waals surface area contributed by atoms with E-state index in [0.717, 1.165) is 29.0 Å².